The number of carbonyl (C=O) groups is 3. The molecular formula is C38H41Cl4N3O5. The highest BCUT2D eigenvalue weighted by molar-refractivity contribution is 6.38. The summed E-state index contributed by atoms with van der Waals surface area (Å²) in [6, 6.07) is 17.0. The predicted octanol–water partition coefficient (Wildman–Crippen LogP) is 8.93. The van der Waals surface area contributed by atoms with Gasteiger partial charge in [-0.2, -0.15) is 0 Å². The van der Waals surface area contributed by atoms with Crippen LogP contribution in [0.5, 0.6) is 0 Å². The first-order valence-electron chi connectivity index (χ1n) is 16.5. The first-order valence-corrected chi connectivity index (χ1v) is 18.1. The molecule has 266 valence electrons. The van der Waals surface area contributed by atoms with Crippen molar-refractivity contribution in [2.75, 3.05) is 23.3 Å². The summed E-state index contributed by atoms with van der Waals surface area (Å²) in [5.41, 5.74) is -1.39. The fraction of sp³-hybridized carbons (Fsp3) is 0.447. The maximum Gasteiger partial charge on any atom is 0.310 e. The van der Waals surface area contributed by atoms with Gasteiger partial charge in [0.1, 0.15) is 11.5 Å². The Morgan fingerprint density at radius 1 is 0.980 bits per heavy atom. The van der Waals surface area contributed by atoms with Crippen LogP contribution in [0.3, 0.4) is 0 Å². The molecule has 50 heavy (non-hydrogen) atoms. The summed E-state index contributed by atoms with van der Waals surface area (Å²) in [4.78, 5) is 47.1. The minimum Gasteiger partial charge on any atom is -0.481 e. The monoisotopic (exact) mass is 759 g/mol. The molecule has 5 atom stereocenters. The van der Waals surface area contributed by atoms with Crippen molar-refractivity contribution >= 4 is 75.6 Å². The van der Waals surface area contributed by atoms with Crippen molar-refractivity contribution in [1.29, 1.82) is 0 Å². The largest absolute Gasteiger partial charge is 0.481 e. The zero-order chi connectivity index (χ0) is 36.6. The molecule has 3 unspecified atom stereocenters. The Balaban J connectivity index is 1.54. The van der Waals surface area contributed by atoms with Crippen molar-refractivity contribution in [3.8, 4) is 0 Å². The fourth-order valence-corrected chi connectivity index (χ4v) is 8.82. The summed E-state index contributed by atoms with van der Waals surface area (Å²) in [5, 5.41) is 15.1. The van der Waals surface area contributed by atoms with Crippen molar-refractivity contribution in [2.24, 2.45) is 22.7 Å². The van der Waals surface area contributed by atoms with Gasteiger partial charge in [-0.05, 0) is 60.1 Å². The SMILES string of the molecule is CC(C)(C)C(C)(C)CN(C(=O)C1C2C[C@](C)(OCc3ccccc3)CN2[C@]2(C(=O)Nc3c(Cl)cc(Cl)cc32)C1C(=O)O)c1cc(Cl)cc(Cl)c1. The molecular weight excluding hydrogens is 720 g/mol. The summed E-state index contributed by atoms with van der Waals surface area (Å²) < 4.78 is 6.58. The van der Waals surface area contributed by atoms with E-state index in [0.717, 1.165) is 5.56 Å². The van der Waals surface area contributed by atoms with Crippen molar-refractivity contribution in [3.05, 3.63) is 91.9 Å². The number of carboxylic acid groups (broad SMARTS) is 1. The lowest BCUT2D eigenvalue weighted by Gasteiger charge is -2.43. The fourth-order valence-electron chi connectivity index (χ4n) is 7.77. The number of rotatable bonds is 8. The van der Waals surface area contributed by atoms with Gasteiger partial charge in [0.15, 0.2) is 0 Å². The third kappa shape index (κ3) is 6.20. The standard InChI is InChI=1S/C38H41Cl4N3O5/c1-35(2,3)36(4,5)19-44(25-13-22(39)12-23(40)14-25)32(46)29-28-17-37(6,50-18-21-10-8-7-9-11-21)20-45(28)38(30(29)33(47)48)26-15-24(41)16-27(42)31(26)43-34(38)49/h7-16,28-30H,17-20H2,1-6H3,(H,43,49)(H,47,48)/t28?,29?,30?,37-,38-/m0/s1. The number of fused-ring (bicyclic) bond motifs is 4. The van der Waals surface area contributed by atoms with Gasteiger partial charge in [-0.1, -0.05) is 111 Å². The zero-order valence-electron chi connectivity index (χ0n) is 28.8. The number of anilines is 2. The summed E-state index contributed by atoms with van der Waals surface area (Å²) in [7, 11) is 0. The number of carboxylic acids is 1. The molecule has 3 aromatic carbocycles. The molecule has 2 fully saturated rings. The van der Waals surface area contributed by atoms with Crippen molar-refractivity contribution in [1.82, 2.24) is 4.90 Å². The van der Waals surface area contributed by atoms with Gasteiger partial charge in [-0.25, -0.2) is 0 Å². The van der Waals surface area contributed by atoms with E-state index in [-0.39, 0.29) is 40.7 Å². The van der Waals surface area contributed by atoms with Crippen LogP contribution in [0.2, 0.25) is 20.1 Å². The number of nitrogens with zero attached hydrogens (tertiary/aromatic N) is 2. The van der Waals surface area contributed by atoms with E-state index in [1.165, 1.54) is 6.07 Å². The highest BCUT2D eigenvalue weighted by Gasteiger charge is 2.74. The van der Waals surface area contributed by atoms with E-state index in [2.05, 4.69) is 39.9 Å². The molecule has 3 aliphatic rings. The molecule has 2 saturated heterocycles. The van der Waals surface area contributed by atoms with Crippen LogP contribution >= 0.6 is 46.4 Å². The van der Waals surface area contributed by atoms with E-state index in [1.807, 2.05) is 42.2 Å². The van der Waals surface area contributed by atoms with E-state index < -0.39 is 52.2 Å². The van der Waals surface area contributed by atoms with Gasteiger partial charge in [0.05, 0.1) is 28.8 Å². The number of carbonyl (C=O) groups excluding carboxylic acids is 2. The van der Waals surface area contributed by atoms with Crippen LogP contribution in [0.25, 0.3) is 0 Å². The smallest absolute Gasteiger partial charge is 0.310 e. The average molecular weight is 762 g/mol. The second-order valence-corrected chi connectivity index (χ2v) is 17.4. The Morgan fingerprint density at radius 2 is 1.60 bits per heavy atom. The number of hydrogen-bond acceptors (Lipinski definition) is 5. The van der Waals surface area contributed by atoms with Crippen LogP contribution < -0.4 is 10.2 Å². The first-order chi connectivity index (χ1) is 23.3. The quantitative estimate of drug-likeness (QED) is 0.238. The van der Waals surface area contributed by atoms with Gasteiger partial charge >= 0.3 is 5.97 Å². The number of benzene rings is 3. The zero-order valence-corrected chi connectivity index (χ0v) is 31.8. The number of ether oxygens (including phenoxy) is 1. The lowest BCUT2D eigenvalue weighted by Crippen LogP contribution is -2.55. The van der Waals surface area contributed by atoms with Crippen LogP contribution in [-0.2, 0) is 31.3 Å². The number of halogens is 4. The van der Waals surface area contributed by atoms with Crippen LogP contribution in [-0.4, -0.2) is 52.5 Å². The summed E-state index contributed by atoms with van der Waals surface area (Å²) in [6.07, 6.45) is 0.283. The van der Waals surface area contributed by atoms with E-state index in [0.29, 0.717) is 27.9 Å². The van der Waals surface area contributed by atoms with E-state index in [9.17, 15) is 14.7 Å². The molecule has 1 spiro atoms. The van der Waals surface area contributed by atoms with Crippen molar-refractivity contribution < 1.29 is 24.2 Å². The Morgan fingerprint density at radius 3 is 2.20 bits per heavy atom. The lowest BCUT2D eigenvalue weighted by molar-refractivity contribution is -0.153. The van der Waals surface area contributed by atoms with E-state index in [1.54, 1.807) is 29.2 Å². The van der Waals surface area contributed by atoms with E-state index >= 15 is 4.79 Å². The predicted molar refractivity (Wildman–Crippen MR) is 198 cm³/mol. The lowest BCUT2D eigenvalue weighted by atomic mass is 9.68. The number of hydrogen-bond donors (Lipinski definition) is 2. The molecule has 12 heteroatoms. The van der Waals surface area contributed by atoms with E-state index in [4.69, 9.17) is 51.1 Å². The van der Waals surface area contributed by atoms with Crippen LogP contribution in [0.1, 0.15) is 59.1 Å². The molecule has 3 aliphatic heterocycles. The third-order valence-electron chi connectivity index (χ3n) is 11.3. The van der Waals surface area contributed by atoms with Gasteiger partial charge < -0.3 is 20.1 Å². The minimum absolute atomic E-state index is 0.172. The summed E-state index contributed by atoms with van der Waals surface area (Å²) in [6.45, 7) is 13.0. The first kappa shape index (κ1) is 36.9. The highest BCUT2D eigenvalue weighted by Crippen LogP contribution is 2.61. The van der Waals surface area contributed by atoms with Crippen LogP contribution in [0.4, 0.5) is 11.4 Å². The Kier molecular flexibility index (Phi) is 9.58. The molecule has 0 radical (unpaired) electrons. The van der Waals surface area contributed by atoms with Gasteiger partial charge in [-0.3, -0.25) is 19.3 Å². The molecule has 0 bridgehead atoms. The molecule has 2 N–H and O–H groups in total. The van der Waals surface area contributed by atoms with Crippen LogP contribution in [0, 0.1) is 22.7 Å². The second-order valence-electron chi connectivity index (χ2n) is 15.7. The van der Waals surface area contributed by atoms with Gasteiger partial charge in [0, 0.05) is 45.5 Å². The topological polar surface area (TPSA) is 99.2 Å². The number of aliphatic carboxylic acids is 1. The highest BCUT2D eigenvalue weighted by atomic mass is 35.5. The molecule has 0 aromatic heterocycles. The van der Waals surface area contributed by atoms with Gasteiger partial charge in [0.2, 0.25) is 5.91 Å². The maximum absolute atomic E-state index is 15.4. The van der Waals surface area contributed by atoms with Gasteiger partial charge in [-0.15, -0.1) is 0 Å². The summed E-state index contributed by atoms with van der Waals surface area (Å²) in [5.74, 6) is -5.03. The van der Waals surface area contributed by atoms with Crippen molar-refractivity contribution in [3.63, 3.8) is 0 Å². The Labute approximate surface area is 313 Å². The molecule has 2 amide bonds. The number of nitrogens with one attached hydrogen (secondary N) is 1. The second kappa shape index (κ2) is 13.0. The minimum atomic E-state index is -1.81. The molecule has 0 aliphatic carbocycles. The summed E-state index contributed by atoms with van der Waals surface area (Å²) >= 11 is 26.2. The van der Waals surface area contributed by atoms with Crippen molar-refractivity contribution in [2.45, 2.75) is 71.8 Å². The molecule has 0 saturated carbocycles. The normalized spacial score (nSPS) is 26.2. The Bertz CT molecular complexity index is 1840. The van der Waals surface area contributed by atoms with Gasteiger partial charge in [0.25, 0.3) is 5.91 Å². The average Bonchev–Trinajstić information content (AvgIpc) is 3.60. The molecule has 3 aromatic rings. The molecule has 6 rings (SSSR count). The van der Waals surface area contributed by atoms with Crippen LogP contribution in [0.15, 0.2) is 60.7 Å². The Hall–Kier alpha value is -2.85. The molecule has 3 heterocycles. The maximum atomic E-state index is 15.4. The number of amides is 2. The molecule has 8 nitrogen and oxygen atoms in total. The third-order valence-corrected chi connectivity index (χ3v) is 12.2.